The van der Waals surface area contributed by atoms with Gasteiger partial charge in [0.05, 0.1) is 18.4 Å². The molecule has 238 valence electrons. The number of carbonyl (C=O) groups is 4. The third-order valence-electron chi connectivity index (χ3n) is 13.7. The van der Waals surface area contributed by atoms with Crippen molar-refractivity contribution >= 4 is 23.7 Å². The predicted octanol–water partition coefficient (Wildman–Crippen LogP) is 6.86. The van der Waals surface area contributed by atoms with Gasteiger partial charge in [0.1, 0.15) is 24.1 Å². The fraction of sp³-hybridized carbons (Fsp3) is 0.771. The molecule has 4 aliphatic rings. The van der Waals surface area contributed by atoms with Crippen molar-refractivity contribution < 1.29 is 37.8 Å². The van der Waals surface area contributed by atoms with Gasteiger partial charge in [-0.2, -0.15) is 0 Å². The molecular weight excluding hydrogens is 548 g/mol. The van der Waals surface area contributed by atoms with Crippen molar-refractivity contribution in [1.82, 2.24) is 0 Å². The molecule has 0 bridgehead atoms. The lowest BCUT2D eigenvalue weighted by atomic mass is 9.28. The van der Waals surface area contributed by atoms with Crippen molar-refractivity contribution in [3.8, 4) is 0 Å². The number of hydrogen-bond donors (Lipinski definition) is 0. The lowest BCUT2D eigenvalue weighted by Crippen LogP contribution is -2.75. The Kier molecular flexibility index (Phi) is 7.54. The second-order valence-electron chi connectivity index (χ2n) is 15.6. The number of cyclic esters (lactones) is 1. The van der Waals surface area contributed by atoms with E-state index in [4.69, 9.17) is 18.6 Å². The first kappa shape index (κ1) is 31.8. The fourth-order valence-electron chi connectivity index (χ4n) is 11.4. The lowest BCUT2D eigenvalue weighted by Gasteiger charge is -2.77. The smallest absolute Gasteiger partial charge is 0.309 e. The Balaban J connectivity index is 1.75. The Hall–Kier alpha value is -2.64. The van der Waals surface area contributed by atoms with Crippen LogP contribution in [0.2, 0.25) is 0 Å². The summed E-state index contributed by atoms with van der Waals surface area (Å²) in [6.07, 6.45) is 4.97. The number of fused-ring (bicyclic) bond motifs is 5. The molecule has 0 N–H and O–H groups in total. The van der Waals surface area contributed by atoms with Crippen LogP contribution in [-0.2, 0) is 33.4 Å². The topological polar surface area (TPSA) is 109 Å². The Bertz CT molecular complexity index is 1300. The molecule has 1 aromatic rings. The van der Waals surface area contributed by atoms with Gasteiger partial charge in [-0.15, -0.1) is 0 Å². The standard InChI is InChI=1S/C35H50O8/c1-19(36)15-24-16-26-31(5,6)27(41-21(3)37)17-28(42-22(4)38)33(26,8)25-11-13-32(7)29(23-12-14-40-18-23)43-30(39)20(2)35(32,10)34(24,25)9/h12,14,18,20,24-29H,11,13,15-17H2,1-10H3/t20-,24-,25?,26?,27-,28+,29+,32+,33-,34-,35+/m1/s1. The number of ketones is 1. The first-order valence-electron chi connectivity index (χ1n) is 15.9. The summed E-state index contributed by atoms with van der Waals surface area (Å²) >= 11 is 0. The number of rotatable bonds is 5. The Labute approximate surface area is 256 Å². The van der Waals surface area contributed by atoms with E-state index < -0.39 is 51.3 Å². The van der Waals surface area contributed by atoms with Crippen molar-refractivity contribution in [3.63, 3.8) is 0 Å². The van der Waals surface area contributed by atoms with E-state index >= 15 is 0 Å². The summed E-state index contributed by atoms with van der Waals surface area (Å²) in [6, 6.07) is 1.88. The minimum absolute atomic E-state index is 0.00616. The zero-order chi connectivity index (χ0) is 31.9. The third-order valence-corrected chi connectivity index (χ3v) is 13.7. The summed E-state index contributed by atoms with van der Waals surface area (Å²) in [5, 5.41) is 0. The molecule has 8 nitrogen and oxygen atoms in total. The van der Waals surface area contributed by atoms with Crippen LogP contribution in [0.3, 0.4) is 0 Å². The second-order valence-corrected chi connectivity index (χ2v) is 15.6. The minimum Gasteiger partial charge on any atom is -0.472 e. The molecule has 2 unspecified atom stereocenters. The molecule has 0 radical (unpaired) electrons. The highest BCUT2D eigenvalue weighted by molar-refractivity contribution is 5.77. The molecule has 0 amide bonds. The van der Waals surface area contributed by atoms with E-state index in [1.54, 1.807) is 19.5 Å². The van der Waals surface area contributed by atoms with Gasteiger partial charge in [-0.05, 0) is 60.8 Å². The summed E-state index contributed by atoms with van der Waals surface area (Å²) in [5.74, 6) is -1.31. The number of furan rings is 1. The van der Waals surface area contributed by atoms with Crippen molar-refractivity contribution in [3.05, 3.63) is 24.2 Å². The van der Waals surface area contributed by atoms with Crippen LogP contribution >= 0.6 is 0 Å². The molecule has 1 aromatic heterocycles. The van der Waals surface area contributed by atoms with E-state index in [1.807, 2.05) is 13.0 Å². The van der Waals surface area contributed by atoms with Gasteiger partial charge in [0, 0.05) is 48.5 Å². The zero-order valence-electron chi connectivity index (χ0n) is 27.6. The number of ether oxygens (including phenoxy) is 3. The molecule has 8 heteroatoms. The van der Waals surface area contributed by atoms with E-state index in [0.29, 0.717) is 19.3 Å². The van der Waals surface area contributed by atoms with Crippen molar-refractivity contribution in [2.45, 2.75) is 120 Å². The van der Waals surface area contributed by atoms with Gasteiger partial charge in [-0.3, -0.25) is 14.4 Å². The van der Waals surface area contributed by atoms with Gasteiger partial charge in [-0.25, -0.2) is 0 Å². The van der Waals surface area contributed by atoms with E-state index in [2.05, 4.69) is 41.5 Å². The van der Waals surface area contributed by atoms with Gasteiger partial charge in [-0.1, -0.05) is 48.5 Å². The lowest BCUT2D eigenvalue weighted by molar-refractivity contribution is -0.325. The van der Waals surface area contributed by atoms with Gasteiger partial charge >= 0.3 is 17.9 Å². The van der Waals surface area contributed by atoms with E-state index in [9.17, 15) is 19.2 Å². The molecular formula is C35H50O8. The van der Waals surface area contributed by atoms with Gasteiger partial charge < -0.3 is 23.4 Å². The van der Waals surface area contributed by atoms with Crippen LogP contribution in [0.4, 0.5) is 0 Å². The summed E-state index contributed by atoms with van der Waals surface area (Å²) < 4.78 is 23.8. The minimum atomic E-state index is -0.577. The first-order valence-corrected chi connectivity index (χ1v) is 15.9. The van der Waals surface area contributed by atoms with Gasteiger partial charge in [0.15, 0.2) is 0 Å². The maximum atomic E-state index is 13.8. The van der Waals surface area contributed by atoms with Crippen molar-refractivity contribution in [2.75, 3.05) is 0 Å². The molecule has 0 spiro atoms. The van der Waals surface area contributed by atoms with Gasteiger partial charge in [0.25, 0.3) is 0 Å². The van der Waals surface area contributed by atoms with E-state index in [0.717, 1.165) is 18.4 Å². The van der Waals surface area contributed by atoms with Crippen LogP contribution in [0, 0.1) is 50.7 Å². The molecule has 3 aliphatic carbocycles. The van der Waals surface area contributed by atoms with Crippen LogP contribution in [0.1, 0.15) is 113 Å². The summed E-state index contributed by atoms with van der Waals surface area (Å²) in [5.41, 5.74) is -1.61. The number of Topliss-reactive ketones (excluding diaryl/α,β-unsaturated/α-hetero) is 1. The highest BCUT2D eigenvalue weighted by Crippen LogP contribution is 2.80. The highest BCUT2D eigenvalue weighted by Gasteiger charge is 2.78. The Morgan fingerprint density at radius 3 is 2.12 bits per heavy atom. The highest BCUT2D eigenvalue weighted by atomic mass is 16.6. The normalized spacial score (nSPS) is 45.1. The third kappa shape index (κ3) is 4.20. The SMILES string of the molecule is CC(=O)C[C@@H]1CC2C(C)(C)[C@H](OC(C)=O)C[C@H](OC(C)=O)[C@]2(C)C2CC[C@@]3(C)[C@H](c4ccoc4)OC(=O)[C@@H](C)[C@]3(C)[C@@]21C. The van der Waals surface area contributed by atoms with Crippen molar-refractivity contribution in [2.24, 2.45) is 50.7 Å². The maximum absolute atomic E-state index is 13.8. The Morgan fingerprint density at radius 1 is 0.930 bits per heavy atom. The number of carbonyl (C=O) groups excluding carboxylic acids is 4. The summed E-state index contributed by atoms with van der Waals surface area (Å²) in [4.78, 5) is 51.8. The molecule has 5 rings (SSSR count). The van der Waals surface area contributed by atoms with Crippen LogP contribution in [0.15, 0.2) is 23.0 Å². The largest absolute Gasteiger partial charge is 0.472 e. The maximum Gasteiger partial charge on any atom is 0.309 e. The van der Waals surface area contributed by atoms with Crippen LogP contribution in [-0.4, -0.2) is 35.9 Å². The summed E-state index contributed by atoms with van der Waals surface area (Å²) in [6.45, 7) is 19.9. The molecule has 11 atom stereocenters. The molecule has 1 saturated heterocycles. The monoisotopic (exact) mass is 598 g/mol. The Morgan fingerprint density at radius 2 is 1.56 bits per heavy atom. The zero-order valence-corrected chi connectivity index (χ0v) is 27.6. The predicted molar refractivity (Wildman–Crippen MR) is 158 cm³/mol. The quantitative estimate of drug-likeness (QED) is 0.267. The van der Waals surface area contributed by atoms with Crippen molar-refractivity contribution in [1.29, 1.82) is 0 Å². The molecule has 3 saturated carbocycles. The molecule has 0 aromatic carbocycles. The number of hydrogen-bond acceptors (Lipinski definition) is 8. The van der Waals surface area contributed by atoms with Crippen LogP contribution in [0.25, 0.3) is 0 Å². The molecule has 1 aliphatic heterocycles. The second kappa shape index (κ2) is 10.2. The average molecular weight is 599 g/mol. The first-order chi connectivity index (χ1) is 19.9. The van der Waals surface area contributed by atoms with E-state index in [1.165, 1.54) is 13.8 Å². The molecule has 43 heavy (non-hydrogen) atoms. The fourth-order valence-corrected chi connectivity index (χ4v) is 11.4. The molecule has 4 fully saturated rings. The average Bonchev–Trinajstić information content (AvgIpc) is 3.42. The van der Waals surface area contributed by atoms with Crippen LogP contribution < -0.4 is 0 Å². The van der Waals surface area contributed by atoms with Crippen LogP contribution in [0.5, 0.6) is 0 Å². The van der Waals surface area contributed by atoms with Gasteiger partial charge in [0.2, 0.25) is 0 Å². The summed E-state index contributed by atoms with van der Waals surface area (Å²) in [7, 11) is 0. The number of esters is 3. The van der Waals surface area contributed by atoms with E-state index in [-0.39, 0.29) is 41.4 Å². The molecule has 2 heterocycles.